The number of sulfonamides is 1. The van der Waals surface area contributed by atoms with E-state index in [1.54, 1.807) is 38.1 Å². The molecule has 2 aromatic carbocycles. The number of benzene rings is 2. The number of non-ortho nitro benzene ring substituents is 1. The van der Waals surface area contributed by atoms with Crippen molar-refractivity contribution in [2.24, 2.45) is 0 Å². The van der Waals surface area contributed by atoms with Crippen LogP contribution >= 0.6 is 11.6 Å². The lowest BCUT2D eigenvalue weighted by Gasteiger charge is -2.32. The molecule has 0 spiro atoms. The molecular weight excluding hydrogens is 508 g/mol. The van der Waals surface area contributed by atoms with Crippen LogP contribution in [0, 0.1) is 17.0 Å². The molecule has 0 fully saturated rings. The Morgan fingerprint density at radius 1 is 1.17 bits per heavy atom. The molecule has 0 aliphatic rings. The Kier molecular flexibility index (Phi) is 9.83. The number of nitro benzene ring substituents is 1. The summed E-state index contributed by atoms with van der Waals surface area (Å²) in [5, 5.41) is 14.6. The van der Waals surface area contributed by atoms with Gasteiger partial charge in [0, 0.05) is 29.7 Å². The Bertz CT molecular complexity index is 1240. The van der Waals surface area contributed by atoms with Gasteiger partial charge in [-0.1, -0.05) is 36.7 Å². The van der Waals surface area contributed by atoms with Gasteiger partial charge in [-0.2, -0.15) is 0 Å². The van der Waals surface area contributed by atoms with Crippen molar-refractivity contribution in [2.75, 3.05) is 17.1 Å². The monoisotopic (exact) mass is 538 g/mol. The number of hydrogen-bond acceptors (Lipinski definition) is 6. The highest BCUT2D eigenvalue weighted by Gasteiger charge is 2.31. The van der Waals surface area contributed by atoms with Gasteiger partial charge in [0.1, 0.15) is 12.6 Å². The van der Waals surface area contributed by atoms with Crippen LogP contribution in [-0.2, 0) is 26.2 Å². The van der Waals surface area contributed by atoms with Gasteiger partial charge in [-0.05, 0) is 50.5 Å². The number of anilines is 1. The van der Waals surface area contributed by atoms with E-state index in [0.29, 0.717) is 22.6 Å². The van der Waals surface area contributed by atoms with Crippen LogP contribution in [-0.4, -0.2) is 54.9 Å². The van der Waals surface area contributed by atoms with Crippen LogP contribution in [0.5, 0.6) is 0 Å². The molecule has 0 aliphatic carbocycles. The second kappa shape index (κ2) is 12.2. The molecule has 0 saturated heterocycles. The van der Waals surface area contributed by atoms with Crippen molar-refractivity contribution in [3.05, 3.63) is 68.7 Å². The van der Waals surface area contributed by atoms with Crippen molar-refractivity contribution < 1.29 is 22.9 Å². The van der Waals surface area contributed by atoms with Crippen molar-refractivity contribution in [3.8, 4) is 0 Å². The second-order valence-corrected chi connectivity index (χ2v) is 11.0. The van der Waals surface area contributed by atoms with E-state index in [0.717, 1.165) is 16.6 Å². The summed E-state index contributed by atoms with van der Waals surface area (Å²) in [4.78, 5) is 38.4. The fraction of sp³-hybridized carbons (Fsp3) is 0.417. The van der Waals surface area contributed by atoms with Crippen LogP contribution in [0.15, 0.2) is 42.5 Å². The van der Waals surface area contributed by atoms with Gasteiger partial charge in [-0.3, -0.25) is 24.0 Å². The fourth-order valence-electron chi connectivity index (χ4n) is 3.45. The Morgan fingerprint density at radius 2 is 1.83 bits per heavy atom. The lowest BCUT2D eigenvalue weighted by atomic mass is 10.1. The highest BCUT2D eigenvalue weighted by atomic mass is 35.5. The number of nitrogens with one attached hydrogen (secondary N) is 1. The maximum absolute atomic E-state index is 13.6. The number of nitro groups is 1. The highest BCUT2D eigenvalue weighted by Crippen LogP contribution is 2.28. The van der Waals surface area contributed by atoms with Gasteiger partial charge < -0.3 is 10.2 Å². The number of carbonyl (C=O) groups is 2. The molecule has 0 bridgehead atoms. The molecule has 1 N–H and O–H groups in total. The summed E-state index contributed by atoms with van der Waals surface area (Å²) < 4.78 is 26.2. The predicted molar refractivity (Wildman–Crippen MR) is 139 cm³/mol. The maximum Gasteiger partial charge on any atom is 0.271 e. The van der Waals surface area contributed by atoms with E-state index in [-0.39, 0.29) is 24.0 Å². The summed E-state index contributed by atoms with van der Waals surface area (Å²) in [6.45, 7) is 6.25. The summed E-state index contributed by atoms with van der Waals surface area (Å²) in [6, 6.07) is 9.51. The Balaban J connectivity index is 2.48. The summed E-state index contributed by atoms with van der Waals surface area (Å²) >= 11 is 6.09. The molecule has 0 radical (unpaired) electrons. The van der Waals surface area contributed by atoms with E-state index in [1.807, 2.05) is 13.8 Å². The third-order valence-electron chi connectivity index (χ3n) is 5.76. The first-order valence-corrected chi connectivity index (χ1v) is 13.5. The van der Waals surface area contributed by atoms with Crippen molar-refractivity contribution in [1.82, 2.24) is 10.2 Å². The average molecular weight is 539 g/mol. The standard InChI is InChI=1S/C24H31ClN4O6S/c1-6-17(3)26-24(31)18(4)27(14-19-8-7-9-20(25)12-19)23(30)15-28(36(5,34)35)22-13-21(29(32)33)11-10-16(22)2/h7-13,17-18H,6,14-15H2,1-5H3,(H,26,31)/t17-,18-/m0/s1. The van der Waals surface area contributed by atoms with Crippen LogP contribution in [0.4, 0.5) is 11.4 Å². The lowest BCUT2D eigenvalue weighted by Crippen LogP contribution is -2.52. The Labute approximate surface area is 216 Å². The zero-order valence-corrected chi connectivity index (χ0v) is 22.5. The molecule has 0 heterocycles. The minimum atomic E-state index is -4.02. The van der Waals surface area contributed by atoms with Gasteiger partial charge in [-0.25, -0.2) is 8.42 Å². The zero-order valence-electron chi connectivity index (χ0n) is 20.9. The van der Waals surface area contributed by atoms with E-state index in [1.165, 1.54) is 17.0 Å². The normalized spacial score (nSPS) is 12.9. The van der Waals surface area contributed by atoms with Gasteiger partial charge >= 0.3 is 0 Å². The topological polar surface area (TPSA) is 130 Å². The molecule has 0 unspecified atom stereocenters. The number of carbonyl (C=O) groups excluding carboxylic acids is 2. The van der Waals surface area contributed by atoms with Gasteiger partial charge in [0.15, 0.2) is 0 Å². The van der Waals surface area contributed by atoms with Crippen LogP contribution in [0.2, 0.25) is 5.02 Å². The largest absolute Gasteiger partial charge is 0.352 e. The predicted octanol–water partition coefficient (Wildman–Crippen LogP) is 3.65. The first-order valence-electron chi connectivity index (χ1n) is 11.3. The number of nitrogens with zero attached hydrogens (tertiary/aromatic N) is 3. The van der Waals surface area contributed by atoms with E-state index in [4.69, 9.17) is 11.6 Å². The third kappa shape index (κ3) is 7.66. The number of amides is 2. The number of hydrogen-bond donors (Lipinski definition) is 1. The number of rotatable bonds is 11. The molecule has 196 valence electrons. The summed E-state index contributed by atoms with van der Waals surface area (Å²) in [6.07, 6.45) is 1.60. The van der Waals surface area contributed by atoms with Gasteiger partial charge in [0.05, 0.1) is 16.9 Å². The van der Waals surface area contributed by atoms with Crippen LogP contribution < -0.4 is 9.62 Å². The smallest absolute Gasteiger partial charge is 0.271 e. The Morgan fingerprint density at radius 3 is 2.39 bits per heavy atom. The zero-order chi connectivity index (χ0) is 27.2. The molecule has 0 saturated carbocycles. The minimum absolute atomic E-state index is 0.00000740. The molecule has 2 rings (SSSR count). The molecule has 2 amide bonds. The molecule has 36 heavy (non-hydrogen) atoms. The van der Waals surface area contributed by atoms with Crippen molar-refractivity contribution in [3.63, 3.8) is 0 Å². The van der Waals surface area contributed by atoms with Gasteiger partial charge in [0.2, 0.25) is 21.8 Å². The lowest BCUT2D eigenvalue weighted by molar-refractivity contribution is -0.384. The average Bonchev–Trinajstić information content (AvgIpc) is 2.80. The Hall–Kier alpha value is -3.18. The summed E-state index contributed by atoms with van der Waals surface area (Å²) in [5.41, 5.74) is 0.785. The van der Waals surface area contributed by atoms with E-state index in [9.17, 15) is 28.1 Å². The van der Waals surface area contributed by atoms with E-state index in [2.05, 4.69) is 5.32 Å². The van der Waals surface area contributed by atoms with Crippen molar-refractivity contribution >= 4 is 44.8 Å². The molecule has 2 atom stereocenters. The quantitative estimate of drug-likeness (QED) is 0.343. The van der Waals surface area contributed by atoms with E-state index < -0.39 is 39.3 Å². The van der Waals surface area contributed by atoms with Crippen LogP contribution in [0.25, 0.3) is 0 Å². The van der Waals surface area contributed by atoms with Crippen LogP contribution in [0.1, 0.15) is 38.3 Å². The molecule has 2 aromatic rings. The molecule has 0 aromatic heterocycles. The third-order valence-corrected chi connectivity index (χ3v) is 7.12. The first-order chi connectivity index (χ1) is 16.7. The highest BCUT2D eigenvalue weighted by molar-refractivity contribution is 7.92. The summed E-state index contributed by atoms with van der Waals surface area (Å²) in [5.74, 6) is -1.05. The SMILES string of the molecule is CC[C@H](C)NC(=O)[C@H](C)N(Cc1cccc(Cl)c1)C(=O)CN(c1cc([N+](=O)[O-])ccc1C)S(C)(=O)=O. The van der Waals surface area contributed by atoms with Crippen molar-refractivity contribution in [1.29, 1.82) is 0 Å². The van der Waals surface area contributed by atoms with Gasteiger partial charge in [-0.15, -0.1) is 0 Å². The summed E-state index contributed by atoms with van der Waals surface area (Å²) in [7, 11) is -4.02. The molecular formula is C24H31ClN4O6S. The van der Waals surface area contributed by atoms with Gasteiger partial charge in [0.25, 0.3) is 5.69 Å². The number of halogens is 1. The first kappa shape index (κ1) is 29.1. The second-order valence-electron chi connectivity index (χ2n) is 8.64. The maximum atomic E-state index is 13.6. The van der Waals surface area contributed by atoms with E-state index >= 15 is 0 Å². The van der Waals surface area contributed by atoms with Crippen LogP contribution in [0.3, 0.4) is 0 Å². The van der Waals surface area contributed by atoms with Crippen molar-refractivity contribution in [2.45, 2.75) is 52.7 Å². The molecule has 12 heteroatoms. The fourth-order valence-corrected chi connectivity index (χ4v) is 4.57. The number of aryl methyl sites for hydroxylation is 1. The molecule has 0 aliphatic heterocycles. The molecule has 10 nitrogen and oxygen atoms in total. The minimum Gasteiger partial charge on any atom is -0.352 e.